The molecule has 2 rings (SSSR count). The molecule has 0 amide bonds. The van der Waals surface area contributed by atoms with E-state index in [1.54, 1.807) is 24.2 Å². The standard InChI is InChI=1S/C8H8N2OS/c1-2-12-8-10-6-5-9-4-3-7(6)11-8/h3-5H,2H2,1H3. The van der Waals surface area contributed by atoms with Crippen molar-refractivity contribution in [1.82, 2.24) is 9.97 Å². The first-order valence-corrected chi connectivity index (χ1v) is 4.72. The summed E-state index contributed by atoms with van der Waals surface area (Å²) in [7, 11) is 0. The topological polar surface area (TPSA) is 38.9 Å². The first-order chi connectivity index (χ1) is 5.90. The molecule has 2 aromatic heterocycles. The number of thioether (sulfide) groups is 1. The summed E-state index contributed by atoms with van der Waals surface area (Å²) in [6.07, 6.45) is 3.41. The second-order valence-corrected chi connectivity index (χ2v) is 3.47. The molecule has 0 aromatic carbocycles. The highest BCUT2D eigenvalue weighted by molar-refractivity contribution is 7.99. The summed E-state index contributed by atoms with van der Waals surface area (Å²) >= 11 is 1.60. The average Bonchev–Trinajstić information content (AvgIpc) is 2.47. The van der Waals surface area contributed by atoms with Crippen molar-refractivity contribution in [3.63, 3.8) is 0 Å². The Labute approximate surface area is 74.2 Å². The smallest absolute Gasteiger partial charge is 0.256 e. The molecule has 0 aliphatic rings. The van der Waals surface area contributed by atoms with E-state index in [0.717, 1.165) is 22.1 Å². The second kappa shape index (κ2) is 3.15. The van der Waals surface area contributed by atoms with Crippen molar-refractivity contribution in [3.05, 3.63) is 18.5 Å². The minimum Gasteiger partial charge on any atom is -0.431 e. The fourth-order valence-corrected chi connectivity index (χ4v) is 1.50. The van der Waals surface area contributed by atoms with Gasteiger partial charge in [-0.25, -0.2) is 4.98 Å². The lowest BCUT2D eigenvalue weighted by atomic mass is 10.4. The van der Waals surface area contributed by atoms with Gasteiger partial charge >= 0.3 is 0 Å². The molecule has 0 unspecified atom stereocenters. The number of hydrogen-bond donors (Lipinski definition) is 0. The molecule has 0 saturated carbocycles. The van der Waals surface area contributed by atoms with Crippen LogP contribution < -0.4 is 0 Å². The Morgan fingerprint density at radius 3 is 3.25 bits per heavy atom. The molecular weight excluding hydrogens is 172 g/mol. The minimum absolute atomic E-state index is 0.723. The van der Waals surface area contributed by atoms with Crippen LogP contribution in [0.4, 0.5) is 0 Å². The lowest BCUT2D eigenvalue weighted by molar-refractivity contribution is 0.489. The van der Waals surface area contributed by atoms with E-state index in [1.807, 2.05) is 6.07 Å². The van der Waals surface area contributed by atoms with E-state index < -0.39 is 0 Å². The molecule has 0 bridgehead atoms. The highest BCUT2D eigenvalue weighted by Gasteiger charge is 2.03. The molecule has 0 fully saturated rings. The minimum atomic E-state index is 0.723. The van der Waals surface area contributed by atoms with E-state index in [2.05, 4.69) is 16.9 Å². The van der Waals surface area contributed by atoms with E-state index in [-0.39, 0.29) is 0 Å². The highest BCUT2D eigenvalue weighted by atomic mass is 32.2. The largest absolute Gasteiger partial charge is 0.431 e. The Kier molecular flexibility index (Phi) is 1.99. The molecule has 2 heterocycles. The molecule has 4 heteroatoms. The first-order valence-electron chi connectivity index (χ1n) is 3.73. The van der Waals surface area contributed by atoms with Crippen molar-refractivity contribution >= 4 is 22.9 Å². The van der Waals surface area contributed by atoms with Gasteiger partial charge in [0.15, 0.2) is 5.58 Å². The van der Waals surface area contributed by atoms with E-state index >= 15 is 0 Å². The summed E-state index contributed by atoms with van der Waals surface area (Å²) in [5.41, 5.74) is 1.63. The average molecular weight is 180 g/mol. The highest BCUT2D eigenvalue weighted by Crippen LogP contribution is 2.21. The van der Waals surface area contributed by atoms with Crippen molar-refractivity contribution in [1.29, 1.82) is 0 Å². The molecule has 62 valence electrons. The summed E-state index contributed by atoms with van der Waals surface area (Å²) in [6, 6.07) is 1.82. The predicted molar refractivity (Wildman–Crippen MR) is 48.2 cm³/mol. The van der Waals surface area contributed by atoms with Gasteiger partial charge in [0.25, 0.3) is 5.22 Å². The summed E-state index contributed by atoms with van der Waals surface area (Å²) in [4.78, 5) is 8.19. The van der Waals surface area contributed by atoms with Crippen molar-refractivity contribution < 1.29 is 4.42 Å². The molecule has 0 N–H and O–H groups in total. The molecule has 0 aliphatic heterocycles. The van der Waals surface area contributed by atoms with Crippen molar-refractivity contribution in [3.8, 4) is 0 Å². The Bertz CT molecular complexity index is 352. The van der Waals surface area contributed by atoms with Crippen LogP contribution in [0, 0.1) is 0 Å². The van der Waals surface area contributed by atoms with Gasteiger partial charge in [-0.05, 0) is 5.75 Å². The molecule has 0 saturated heterocycles. The molecule has 12 heavy (non-hydrogen) atoms. The van der Waals surface area contributed by atoms with Gasteiger partial charge in [0.05, 0.1) is 6.20 Å². The summed E-state index contributed by atoms with van der Waals surface area (Å²) in [5.74, 6) is 0.972. The quantitative estimate of drug-likeness (QED) is 0.665. The van der Waals surface area contributed by atoms with Crippen molar-refractivity contribution in [2.45, 2.75) is 12.1 Å². The lowest BCUT2D eigenvalue weighted by Gasteiger charge is -1.84. The van der Waals surface area contributed by atoms with Crippen LogP contribution in [0.3, 0.4) is 0 Å². The van der Waals surface area contributed by atoms with Crippen molar-refractivity contribution in [2.75, 3.05) is 5.75 Å². The zero-order chi connectivity index (χ0) is 8.39. The maximum atomic E-state index is 5.42. The third-order valence-electron chi connectivity index (χ3n) is 1.44. The van der Waals surface area contributed by atoms with Gasteiger partial charge in [-0.15, -0.1) is 0 Å². The van der Waals surface area contributed by atoms with Gasteiger partial charge in [-0.2, -0.15) is 0 Å². The van der Waals surface area contributed by atoms with Gasteiger partial charge in [0.2, 0.25) is 0 Å². The SMILES string of the molecule is CCSc1nc2cnccc2o1. The zero-order valence-electron chi connectivity index (χ0n) is 6.65. The van der Waals surface area contributed by atoms with Crippen LogP contribution in [0.2, 0.25) is 0 Å². The first kappa shape index (κ1) is 7.61. The zero-order valence-corrected chi connectivity index (χ0v) is 7.47. The number of fused-ring (bicyclic) bond motifs is 1. The number of oxazole rings is 1. The van der Waals surface area contributed by atoms with E-state index in [9.17, 15) is 0 Å². The molecule has 0 spiro atoms. The van der Waals surface area contributed by atoms with Crippen LogP contribution in [0.15, 0.2) is 28.1 Å². The van der Waals surface area contributed by atoms with Crippen LogP contribution in [0.1, 0.15) is 6.92 Å². The molecule has 0 atom stereocenters. The lowest BCUT2D eigenvalue weighted by Crippen LogP contribution is -1.71. The predicted octanol–water partition coefficient (Wildman–Crippen LogP) is 2.33. The van der Waals surface area contributed by atoms with Gasteiger partial charge in [-0.1, -0.05) is 18.7 Å². The molecule has 0 radical (unpaired) electrons. The Hall–Kier alpha value is -1.03. The van der Waals surface area contributed by atoms with Gasteiger partial charge in [-0.3, -0.25) is 4.98 Å². The molecule has 2 aromatic rings. The summed E-state index contributed by atoms with van der Waals surface area (Å²) in [5, 5.41) is 0.723. The molecule has 3 nitrogen and oxygen atoms in total. The normalized spacial score (nSPS) is 10.8. The second-order valence-electron chi connectivity index (χ2n) is 2.26. The van der Waals surface area contributed by atoms with Crippen LogP contribution in [0.5, 0.6) is 0 Å². The number of aromatic nitrogens is 2. The number of pyridine rings is 1. The van der Waals surface area contributed by atoms with Crippen LogP contribution >= 0.6 is 11.8 Å². The van der Waals surface area contributed by atoms with Gasteiger partial charge < -0.3 is 4.42 Å². The maximum absolute atomic E-state index is 5.42. The molecular formula is C8H8N2OS. The summed E-state index contributed by atoms with van der Waals surface area (Å²) in [6.45, 7) is 2.07. The van der Waals surface area contributed by atoms with Crippen molar-refractivity contribution in [2.24, 2.45) is 0 Å². The van der Waals surface area contributed by atoms with Crippen LogP contribution in [-0.4, -0.2) is 15.7 Å². The maximum Gasteiger partial charge on any atom is 0.256 e. The molecule has 0 aliphatic carbocycles. The fraction of sp³-hybridized carbons (Fsp3) is 0.250. The third kappa shape index (κ3) is 1.30. The number of nitrogens with zero attached hydrogens (tertiary/aromatic N) is 2. The van der Waals surface area contributed by atoms with Gasteiger partial charge in [0, 0.05) is 12.3 Å². The van der Waals surface area contributed by atoms with E-state index in [4.69, 9.17) is 4.42 Å². The summed E-state index contributed by atoms with van der Waals surface area (Å²) < 4.78 is 5.42. The van der Waals surface area contributed by atoms with E-state index in [0.29, 0.717) is 0 Å². The third-order valence-corrected chi connectivity index (χ3v) is 2.15. The monoisotopic (exact) mass is 180 g/mol. The number of hydrogen-bond acceptors (Lipinski definition) is 4. The Morgan fingerprint density at radius 1 is 1.58 bits per heavy atom. The van der Waals surface area contributed by atoms with Crippen LogP contribution in [-0.2, 0) is 0 Å². The van der Waals surface area contributed by atoms with Gasteiger partial charge in [0.1, 0.15) is 5.52 Å². The Balaban J connectivity index is 2.47. The van der Waals surface area contributed by atoms with E-state index in [1.165, 1.54) is 0 Å². The van der Waals surface area contributed by atoms with Crippen LogP contribution in [0.25, 0.3) is 11.1 Å². The fourth-order valence-electron chi connectivity index (χ4n) is 0.944. The Morgan fingerprint density at radius 2 is 2.50 bits per heavy atom. The number of rotatable bonds is 2.